The zero-order valence-electron chi connectivity index (χ0n) is 9.34. The molecule has 0 fully saturated rings. The summed E-state index contributed by atoms with van der Waals surface area (Å²) in [4.78, 5) is 11.0. The van der Waals surface area contributed by atoms with Crippen LogP contribution in [0.2, 0.25) is 0 Å². The van der Waals surface area contributed by atoms with E-state index in [1.54, 1.807) is 0 Å². The van der Waals surface area contributed by atoms with Crippen LogP contribution in [0, 0.1) is 0 Å². The van der Waals surface area contributed by atoms with Gasteiger partial charge in [-0.25, -0.2) is 4.79 Å². The Morgan fingerprint density at radius 1 is 1.50 bits per heavy atom. The average molecular weight is 219 g/mol. The number of alkyl carbamates (subject to hydrolysis) is 1. The van der Waals surface area contributed by atoms with E-state index in [0.29, 0.717) is 6.54 Å². The van der Waals surface area contributed by atoms with Crippen molar-refractivity contribution in [3.63, 3.8) is 0 Å². The molecule has 0 aromatic carbocycles. The van der Waals surface area contributed by atoms with E-state index in [-0.39, 0.29) is 22.7 Å². The fraction of sp³-hybridized carbons (Fsp3) is 0.800. The van der Waals surface area contributed by atoms with Gasteiger partial charge in [-0.15, -0.1) is 0 Å². The molecule has 0 aliphatic heterocycles. The molecule has 0 radical (unpaired) electrons. The van der Waals surface area contributed by atoms with Crippen molar-refractivity contribution in [2.24, 2.45) is 0 Å². The molecular formula is C10H21NO2S. The lowest BCUT2D eigenvalue weighted by Crippen LogP contribution is -2.27. The number of rotatable bonds is 6. The summed E-state index contributed by atoms with van der Waals surface area (Å²) in [6.45, 7) is 4.37. The first-order valence-electron chi connectivity index (χ1n) is 4.89. The topological polar surface area (TPSA) is 38.3 Å². The highest BCUT2D eigenvalue weighted by molar-refractivity contribution is 8.13. The van der Waals surface area contributed by atoms with Crippen LogP contribution in [0.1, 0.15) is 26.7 Å². The molecule has 0 rings (SSSR count). The SMILES string of the molecule is C=S(C)CCCCNC(=O)OC(C)C. The number of carbonyl (C=O) groups excluding carboxylic acids is 1. The minimum Gasteiger partial charge on any atom is -0.447 e. The highest BCUT2D eigenvalue weighted by Gasteiger charge is 2.02. The van der Waals surface area contributed by atoms with Crippen LogP contribution in [-0.4, -0.2) is 36.6 Å². The predicted molar refractivity (Wildman–Crippen MR) is 64.4 cm³/mol. The third-order valence-electron chi connectivity index (χ3n) is 1.53. The van der Waals surface area contributed by atoms with Crippen LogP contribution < -0.4 is 5.32 Å². The Balaban J connectivity index is 3.27. The Kier molecular flexibility index (Phi) is 7.57. The lowest BCUT2D eigenvalue weighted by atomic mass is 10.3. The Bertz CT molecular complexity index is 193. The standard InChI is InChI=1S/C10H21NO2S/c1-9(2)13-10(12)11-7-5-6-8-14(3)4/h9H,3,5-8H2,1-2,4H3,(H,11,12). The number of amides is 1. The van der Waals surface area contributed by atoms with Gasteiger partial charge >= 0.3 is 6.09 Å². The van der Waals surface area contributed by atoms with Crippen LogP contribution in [0.4, 0.5) is 4.79 Å². The van der Waals surface area contributed by atoms with E-state index >= 15 is 0 Å². The first kappa shape index (κ1) is 13.5. The molecule has 0 aromatic rings. The van der Waals surface area contributed by atoms with E-state index in [1.807, 2.05) is 13.8 Å². The van der Waals surface area contributed by atoms with Crippen LogP contribution in [-0.2, 0) is 4.74 Å². The highest BCUT2D eigenvalue weighted by atomic mass is 32.2. The molecule has 0 saturated heterocycles. The van der Waals surface area contributed by atoms with Crippen LogP contribution in [0.5, 0.6) is 0 Å². The van der Waals surface area contributed by atoms with E-state index in [9.17, 15) is 4.79 Å². The number of hydrogen-bond donors (Lipinski definition) is 1. The first-order valence-corrected chi connectivity index (χ1v) is 6.86. The summed E-state index contributed by atoms with van der Waals surface area (Å²) in [5.41, 5.74) is 0. The fourth-order valence-electron chi connectivity index (χ4n) is 0.920. The maximum Gasteiger partial charge on any atom is 0.407 e. The molecular weight excluding hydrogens is 198 g/mol. The van der Waals surface area contributed by atoms with E-state index in [1.165, 1.54) is 0 Å². The number of unbranched alkanes of at least 4 members (excludes halogenated alkanes) is 1. The van der Waals surface area contributed by atoms with Crippen molar-refractivity contribution in [3.05, 3.63) is 0 Å². The van der Waals surface area contributed by atoms with Gasteiger partial charge < -0.3 is 10.1 Å². The van der Waals surface area contributed by atoms with Crippen molar-refractivity contribution in [1.82, 2.24) is 5.32 Å². The molecule has 0 aliphatic carbocycles. The molecule has 0 bridgehead atoms. The minimum absolute atomic E-state index is 0.0451. The molecule has 1 atom stereocenters. The zero-order valence-corrected chi connectivity index (χ0v) is 10.2. The molecule has 0 aromatic heterocycles. The lowest BCUT2D eigenvalue weighted by molar-refractivity contribution is 0.115. The summed E-state index contributed by atoms with van der Waals surface area (Å²) >= 11 is 0. The fourth-order valence-corrected chi connectivity index (χ4v) is 1.62. The maximum absolute atomic E-state index is 11.0. The average Bonchev–Trinajstić information content (AvgIpc) is 2.01. The molecule has 1 unspecified atom stereocenters. The smallest absolute Gasteiger partial charge is 0.407 e. The summed E-state index contributed by atoms with van der Waals surface area (Å²) in [5, 5.41) is 2.71. The molecule has 1 amide bonds. The van der Waals surface area contributed by atoms with Crippen molar-refractivity contribution in [2.45, 2.75) is 32.8 Å². The van der Waals surface area contributed by atoms with Gasteiger partial charge in [-0.05, 0) is 38.7 Å². The van der Waals surface area contributed by atoms with Gasteiger partial charge in [0.1, 0.15) is 0 Å². The third-order valence-corrected chi connectivity index (χ3v) is 2.52. The van der Waals surface area contributed by atoms with Crippen LogP contribution in [0.3, 0.4) is 0 Å². The zero-order chi connectivity index (χ0) is 11.0. The summed E-state index contributed by atoms with van der Waals surface area (Å²) < 4.78 is 4.92. The Labute approximate surface area is 89.1 Å². The Hall–Kier alpha value is -0.510. The van der Waals surface area contributed by atoms with E-state index in [2.05, 4.69) is 17.4 Å². The lowest BCUT2D eigenvalue weighted by Gasteiger charge is -2.09. The van der Waals surface area contributed by atoms with E-state index in [4.69, 9.17) is 4.74 Å². The van der Waals surface area contributed by atoms with Crippen LogP contribution >= 0.6 is 10.5 Å². The van der Waals surface area contributed by atoms with Crippen molar-refractivity contribution in [2.75, 3.05) is 18.6 Å². The molecule has 1 N–H and O–H groups in total. The Morgan fingerprint density at radius 2 is 2.14 bits per heavy atom. The van der Waals surface area contributed by atoms with Crippen molar-refractivity contribution in [3.8, 4) is 0 Å². The molecule has 3 nitrogen and oxygen atoms in total. The number of carbonyl (C=O) groups is 1. The van der Waals surface area contributed by atoms with Gasteiger partial charge in [0.15, 0.2) is 0 Å². The van der Waals surface area contributed by atoms with Crippen molar-refractivity contribution < 1.29 is 9.53 Å². The Morgan fingerprint density at radius 3 is 2.64 bits per heavy atom. The van der Waals surface area contributed by atoms with Crippen molar-refractivity contribution >= 4 is 22.4 Å². The van der Waals surface area contributed by atoms with Crippen LogP contribution in [0.15, 0.2) is 0 Å². The van der Waals surface area contributed by atoms with Crippen LogP contribution in [0.25, 0.3) is 0 Å². The quantitative estimate of drug-likeness (QED) is 0.549. The first-order chi connectivity index (χ1) is 6.52. The largest absolute Gasteiger partial charge is 0.447 e. The van der Waals surface area contributed by atoms with Gasteiger partial charge in [-0.2, -0.15) is 10.5 Å². The monoisotopic (exact) mass is 219 g/mol. The van der Waals surface area contributed by atoms with Gasteiger partial charge in [0, 0.05) is 6.54 Å². The van der Waals surface area contributed by atoms with E-state index in [0.717, 1.165) is 18.6 Å². The molecule has 0 aliphatic rings. The highest BCUT2D eigenvalue weighted by Crippen LogP contribution is 2.05. The van der Waals surface area contributed by atoms with Gasteiger partial charge in [0.05, 0.1) is 6.10 Å². The van der Waals surface area contributed by atoms with E-state index < -0.39 is 0 Å². The summed E-state index contributed by atoms with van der Waals surface area (Å²) in [7, 11) is 0.267. The third kappa shape index (κ3) is 9.58. The molecule has 0 spiro atoms. The molecule has 4 heteroatoms. The second kappa shape index (κ2) is 7.85. The normalized spacial score (nSPS) is 12.6. The molecule has 14 heavy (non-hydrogen) atoms. The molecule has 84 valence electrons. The van der Waals surface area contributed by atoms with Gasteiger partial charge in [0.2, 0.25) is 0 Å². The molecule has 0 saturated carbocycles. The number of hydrogen-bond acceptors (Lipinski definition) is 2. The second-order valence-corrected chi connectivity index (χ2v) is 5.54. The number of ether oxygens (including phenoxy) is 1. The summed E-state index contributed by atoms with van der Waals surface area (Å²) in [6.07, 6.45) is 3.88. The summed E-state index contributed by atoms with van der Waals surface area (Å²) in [6, 6.07) is 0. The van der Waals surface area contributed by atoms with Gasteiger partial charge in [-0.3, -0.25) is 0 Å². The van der Waals surface area contributed by atoms with Crippen molar-refractivity contribution in [1.29, 1.82) is 0 Å². The predicted octanol–water partition coefficient (Wildman–Crippen LogP) is 2.23. The van der Waals surface area contributed by atoms with Gasteiger partial charge in [0.25, 0.3) is 0 Å². The molecule has 0 heterocycles. The number of nitrogens with one attached hydrogen (secondary N) is 1. The minimum atomic E-state index is -0.315. The maximum atomic E-state index is 11.0. The second-order valence-electron chi connectivity index (χ2n) is 3.57. The summed E-state index contributed by atoms with van der Waals surface area (Å²) in [5.74, 6) is 5.07. The van der Waals surface area contributed by atoms with Gasteiger partial charge in [-0.1, -0.05) is 5.87 Å².